The Labute approximate surface area is 121 Å². The molecule has 0 saturated heterocycles. The molecule has 104 valence electrons. The molecule has 1 aromatic carbocycles. The van der Waals surface area contributed by atoms with Crippen molar-refractivity contribution in [1.82, 2.24) is 5.32 Å². The molecular weight excluding hydrogens is 274 g/mol. The predicted molar refractivity (Wildman–Crippen MR) is 78.8 cm³/mol. The minimum Gasteiger partial charge on any atom is -0.468 e. The largest absolute Gasteiger partial charge is 0.468 e. The van der Waals surface area contributed by atoms with Gasteiger partial charge in [-0.25, -0.2) is 0 Å². The van der Waals surface area contributed by atoms with Gasteiger partial charge in [0.25, 0.3) is 5.91 Å². The van der Waals surface area contributed by atoms with Crippen molar-refractivity contribution in [3.8, 4) is 11.1 Å². The van der Waals surface area contributed by atoms with Gasteiger partial charge >= 0.3 is 5.97 Å². The Bertz CT molecular complexity index is 616. The third-order valence-corrected chi connectivity index (χ3v) is 3.77. The van der Waals surface area contributed by atoms with Crippen LogP contribution in [0.1, 0.15) is 15.2 Å². The van der Waals surface area contributed by atoms with E-state index in [9.17, 15) is 9.59 Å². The summed E-state index contributed by atoms with van der Waals surface area (Å²) in [7, 11) is 1.29. The predicted octanol–water partition coefficient (Wildman–Crippen LogP) is 2.63. The Balaban J connectivity index is 2.18. The average Bonchev–Trinajstić information content (AvgIpc) is 2.94. The molecule has 1 amide bonds. The number of esters is 1. The zero-order valence-electron chi connectivity index (χ0n) is 11.3. The van der Waals surface area contributed by atoms with Gasteiger partial charge in [0.05, 0.1) is 12.0 Å². The molecule has 0 atom stereocenters. The number of carbonyl (C=O) groups is 2. The van der Waals surface area contributed by atoms with E-state index < -0.39 is 5.97 Å². The molecule has 0 fully saturated rings. The molecule has 0 aliphatic heterocycles. The molecule has 1 aromatic heterocycles. The normalized spacial score (nSPS) is 10.1. The van der Waals surface area contributed by atoms with Crippen LogP contribution in [0.25, 0.3) is 11.1 Å². The van der Waals surface area contributed by atoms with Crippen molar-refractivity contribution in [1.29, 1.82) is 0 Å². The van der Waals surface area contributed by atoms with E-state index in [1.165, 1.54) is 24.0 Å². The van der Waals surface area contributed by atoms with E-state index in [1.54, 1.807) is 0 Å². The summed E-state index contributed by atoms with van der Waals surface area (Å²) >= 11 is 1.35. The van der Waals surface area contributed by atoms with Crippen LogP contribution in [-0.4, -0.2) is 25.5 Å². The smallest absolute Gasteiger partial charge is 0.325 e. The van der Waals surface area contributed by atoms with Crippen LogP contribution < -0.4 is 5.32 Å². The van der Waals surface area contributed by atoms with E-state index >= 15 is 0 Å². The van der Waals surface area contributed by atoms with Crippen molar-refractivity contribution in [2.24, 2.45) is 0 Å². The molecule has 1 N–H and O–H groups in total. The Morgan fingerprint density at radius 2 is 1.90 bits per heavy atom. The Kier molecular flexibility index (Phi) is 4.53. The molecule has 0 spiro atoms. The second-order valence-corrected chi connectivity index (χ2v) is 5.20. The van der Waals surface area contributed by atoms with E-state index in [0.29, 0.717) is 4.88 Å². The topological polar surface area (TPSA) is 55.4 Å². The number of thiophene rings is 1. The summed E-state index contributed by atoms with van der Waals surface area (Å²) < 4.78 is 4.50. The second-order valence-electron chi connectivity index (χ2n) is 4.29. The molecule has 0 saturated carbocycles. The summed E-state index contributed by atoms with van der Waals surface area (Å²) in [5, 5.41) is 4.42. The van der Waals surface area contributed by atoms with Crippen LogP contribution in [0, 0.1) is 6.92 Å². The van der Waals surface area contributed by atoms with Gasteiger partial charge in [-0.15, -0.1) is 11.3 Å². The quantitative estimate of drug-likeness (QED) is 0.880. The van der Waals surface area contributed by atoms with Gasteiger partial charge < -0.3 is 10.1 Å². The second kappa shape index (κ2) is 6.34. The highest BCUT2D eigenvalue weighted by atomic mass is 32.1. The van der Waals surface area contributed by atoms with Crippen LogP contribution in [0.5, 0.6) is 0 Å². The van der Waals surface area contributed by atoms with E-state index in [1.807, 2.05) is 42.6 Å². The van der Waals surface area contributed by atoms with Crippen LogP contribution in [-0.2, 0) is 9.53 Å². The number of hydrogen-bond acceptors (Lipinski definition) is 4. The first-order valence-corrected chi connectivity index (χ1v) is 6.99. The van der Waals surface area contributed by atoms with Crippen LogP contribution in [0.2, 0.25) is 0 Å². The molecule has 2 aromatic rings. The standard InChI is InChI=1S/C15H15NO3S/c1-10-3-5-11(6-4-10)12-7-8-20-14(12)15(18)16-9-13(17)19-2/h3-8H,9H2,1-2H3,(H,16,18). The molecule has 0 aliphatic rings. The molecule has 0 unspecified atom stereocenters. The van der Waals surface area contributed by atoms with E-state index in [4.69, 9.17) is 0 Å². The number of hydrogen-bond donors (Lipinski definition) is 1. The number of rotatable bonds is 4. The molecule has 4 nitrogen and oxygen atoms in total. The Morgan fingerprint density at radius 1 is 1.20 bits per heavy atom. The third kappa shape index (κ3) is 3.24. The molecule has 0 aliphatic carbocycles. The van der Waals surface area contributed by atoms with E-state index in [0.717, 1.165) is 11.1 Å². The molecule has 2 rings (SSSR count). The molecule has 5 heteroatoms. The van der Waals surface area contributed by atoms with Crippen molar-refractivity contribution in [2.45, 2.75) is 6.92 Å². The van der Waals surface area contributed by atoms with Crippen LogP contribution in [0.15, 0.2) is 35.7 Å². The van der Waals surface area contributed by atoms with Crippen molar-refractivity contribution in [2.75, 3.05) is 13.7 Å². The Morgan fingerprint density at radius 3 is 2.55 bits per heavy atom. The lowest BCUT2D eigenvalue weighted by atomic mass is 10.0. The number of amides is 1. The summed E-state index contributed by atoms with van der Waals surface area (Å²) in [6.07, 6.45) is 0. The lowest BCUT2D eigenvalue weighted by Gasteiger charge is -2.06. The molecular formula is C15H15NO3S. The first-order chi connectivity index (χ1) is 9.61. The van der Waals surface area contributed by atoms with E-state index in [-0.39, 0.29) is 12.5 Å². The summed E-state index contributed by atoms with van der Waals surface area (Å²) in [4.78, 5) is 23.7. The molecule has 1 heterocycles. The van der Waals surface area contributed by atoms with Gasteiger partial charge in [-0.1, -0.05) is 29.8 Å². The van der Waals surface area contributed by atoms with Gasteiger partial charge in [0.1, 0.15) is 6.54 Å². The monoisotopic (exact) mass is 289 g/mol. The third-order valence-electron chi connectivity index (χ3n) is 2.85. The van der Waals surface area contributed by atoms with Crippen LogP contribution in [0.3, 0.4) is 0 Å². The Hall–Kier alpha value is -2.14. The fourth-order valence-corrected chi connectivity index (χ4v) is 2.58. The van der Waals surface area contributed by atoms with Crippen LogP contribution in [0.4, 0.5) is 0 Å². The maximum absolute atomic E-state index is 12.1. The molecule has 0 radical (unpaired) electrons. The van der Waals surface area contributed by atoms with Gasteiger partial charge in [0, 0.05) is 5.56 Å². The van der Waals surface area contributed by atoms with E-state index in [2.05, 4.69) is 10.1 Å². The number of aryl methyl sites for hydroxylation is 1. The van der Waals surface area contributed by atoms with Gasteiger partial charge in [0.15, 0.2) is 0 Å². The van der Waals surface area contributed by atoms with Crippen molar-refractivity contribution in [3.05, 3.63) is 46.2 Å². The lowest BCUT2D eigenvalue weighted by Crippen LogP contribution is -2.29. The number of nitrogens with one attached hydrogen (secondary N) is 1. The van der Waals surface area contributed by atoms with Crippen molar-refractivity contribution < 1.29 is 14.3 Å². The van der Waals surface area contributed by atoms with Gasteiger partial charge in [-0.3, -0.25) is 9.59 Å². The first-order valence-electron chi connectivity index (χ1n) is 6.11. The fourth-order valence-electron chi connectivity index (χ4n) is 1.75. The van der Waals surface area contributed by atoms with Crippen molar-refractivity contribution in [3.63, 3.8) is 0 Å². The molecule has 0 bridgehead atoms. The zero-order chi connectivity index (χ0) is 14.5. The maximum atomic E-state index is 12.1. The lowest BCUT2D eigenvalue weighted by molar-refractivity contribution is -0.139. The first kappa shape index (κ1) is 14.3. The fraction of sp³-hybridized carbons (Fsp3) is 0.200. The number of methoxy groups -OCH3 is 1. The zero-order valence-corrected chi connectivity index (χ0v) is 12.1. The summed E-state index contributed by atoms with van der Waals surface area (Å²) in [6, 6.07) is 9.87. The van der Waals surface area contributed by atoms with Gasteiger partial charge in [0.2, 0.25) is 0 Å². The summed E-state index contributed by atoms with van der Waals surface area (Å²) in [5.41, 5.74) is 3.03. The number of benzene rings is 1. The summed E-state index contributed by atoms with van der Waals surface area (Å²) in [6.45, 7) is 1.89. The molecule has 20 heavy (non-hydrogen) atoms. The van der Waals surface area contributed by atoms with Gasteiger partial charge in [-0.05, 0) is 23.9 Å². The average molecular weight is 289 g/mol. The van der Waals surface area contributed by atoms with Crippen molar-refractivity contribution >= 4 is 23.2 Å². The highest BCUT2D eigenvalue weighted by Crippen LogP contribution is 2.28. The minimum absolute atomic E-state index is 0.124. The van der Waals surface area contributed by atoms with Gasteiger partial charge in [-0.2, -0.15) is 0 Å². The highest BCUT2D eigenvalue weighted by molar-refractivity contribution is 7.12. The minimum atomic E-state index is -0.466. The highest BCUT2D eigenvalue weighted by Gasteiger charge is 2.15. The van der Waals surface area contributed by atoms with Crippen LogP contribution >= 0.6 is 11.3 Å². The summed E-state index contributed by atoms with van der Waals surface area (Å²) in [5.74, 6) is -0.729. The number of ether oxygens (including phenoxy) is 1. The number of carbonyl (C=O) groups excluding carboxylic acids is 2. The maximum Gasteiger partial charge on any atom is 0.325 e. The SMILES string of the molecule is COC(=O)CNC(=O)c1sccc1-c1ccc(C)cc1.